The molecule has 2 aliphatic heterocycles. The van der Waals surface area contributed by atoms with E-state index in [0.29, 0.717) is 6.04 Å². The quantitative estimate of drug-likeness (QED) is 0.887. The summed E-state index contributed by atoms with van der Waals surface area (Å²) in [5, 5.41) is 3.76. The molecule has 0 aliphatic carbocycles. The summed E-state index contributed by atoms with van der Waals surface area (Å²) >= 11 is 5.70. The average Bonchev–Trinajstić information content (AvgIpc) is 2.81. The van der Waals surface area contributed by atoms with Crippen molar-refractivity contribution in [1.82, 2.24) is 10.2 Å². The van der Waals surface area contributed by atoms with Crippen molar-refractivity contribution >= 4 is 11.6 Å². The first-order valence-electron chi connectivity index (χ1n) is 6.62. The number of hydrogen-bond donors (Lipinski definition) is 1. The summed E-state index contributed by atoms with van der Waals surface area (Å²) in [6.07, 6.45) is 2.48. The highest BCUT2D eigenvalue weighted by Crippen LogP contribution is 2.26. The Morgan fingerprint density at radius 1 is 1.39 bits per heavy atom. The van der Waals surface area contributed by atoms with Crippen LogP contribution in [0, 0.1) is 11.7 Å². The van der Waals surface area contributed by atoms with Crippen LogP contribution in [0.25, 0.3) is 0 Å². The van der Waals surface area contributed by atoms with Gasteiger partial charge in [0, 0.05) is 19.1 Å². The van der Waals surface area contributed by atoms with Crippen LogP contribution < -0.4 is 5.32 Å². The van der Waals surface area contributed by atoms with Crippen LogP contribution >= 0.6 is 11.6 Å². The second-order valence-electron chi connectivity index (χ2n) is 5.38. The third kappa shape index (κ3) is 2.53. The van der Waals surface area contributed by atoms with Crippen LogP contribution in [0.2, 0.25) is 5.02 Å². The Balaban J connectivity index is 1.64. The third-order valence-corrected chi connectivity index (χ3v) is 4.44. The van der Waals surface area contributed by atoms with E-state index in [1.165, 1.54) is 12.8 Å². The van der Waals surface area contributed by atoms with E-state index < -0.39 is 0 Å². The zero-order valence-electron chi connectivity index (χ0n) is 10.3. The molecule has 0 aromatic heterocycles. The zero-order valence-corrected chi connectivity index (χ0v) is 11.1. The van der Waals surface area contributed by atoms with E-state index in [2.05, 4.69) is 10.2 Å². The largest absolute Gasteiger partial charge is 0.314 e. The maximum absolute atomic E-state index is 13.4. The monoisotopic (exact) mass is 268 g/mol. The van der Waals surface area contributed by atoms with Crippen LogP contribution in [-0.2, 0) is 6.54 Å². The van der Waals surface area contributed by atoms with Crippen LogP contribution in [0.4, 0.5) is 4.39 Å². The highest BCUT2D eigenvalue weighted by molar-refractivity contribution is 6.30. The second kappa shape index (κ2) is 5.16. The zero-order chi connectivity index (χ0) is 12.5. The van der Waals surface area contributed by atoms with Gasteiger partial charge in [-0.25, -0.2) is 4.39 Å². The lowest BCUT2D eigenvalue weighted by molar-refractivity contribution is 0.156. The number of rotatable bonds is 2. The molecule has 98 valence electrons. The van der Waals surface area contributed by atoms with E-state index in [4.69, 9.17) is 11.6 Å². The smallest absolute Gasteiger partial charge is 0.142 e. The molecule has 0 radical (unpaired) electrons. The fraction of sp³-hybridized carbons (Fsp3) is 0.571. The van der Waals surface area contributed by atoms with Crippen molar-refractivity contribution in [3.05, 3.63) is 34.6 Å². The minimum atomic E-state index is -0.313. The molecule has 0 saturated carbocycles. The fourth-order valence-corrected chi connectivity index (χ4v) is 3.28. The van der Waals surface area contributed by atoms with Crippen molar-refractivity contribution in [2.24, 2.45) is 5.92 Å². The Hall–Kier alpha value is -0.640. The summed E-state index contributed by atoms with van der Waals surface area (Å²) in [6.45, 7) is 4.20. The molecule has 18 heavy (non-hydrogen) atoms. The van der Waals surface area contributed by atoms with Gasteiger partial charge >= 0.3 is 0 Å². The number of hydrogen-bond acceptors (Lipinski definition) is 2. The normalized spacial score (nSPS) is 28.3. The second-order valence-corrected chi connectivity index (χ2v) is 5.79. The van der Waals surface area contributed by atoms with Crippen molar-refractivity contribution in [3.63, 3.8) is 0 Å². The molecule has 2 aliphatic rings. The molecule has 2 atom stereocenters. The summed E-state index contributed by atoms with van der Waals surface area (Å²) < 4.78 is 13.4. The lowest BCUT2D eigenvalue weighted by atomic mass is 9.93. The summed E-state index contributed by atoms with van der Waals surface area (Å²) in [7, 11) is 0. The number of benzene rings is 1. The molecule has 2 heterocycles. The topological polar surface area (TPSA) is 15.3 Å². The van der Waals surface area contributed by atoms with Gasteiger partial charge in [0.25, 0.3) is 0 Å². The van der Waals surface area contributed by atoms with Gasteiger partial charge < -0.3 is 5.32 Å². The van der Waals surface area contributed by atoms with Crippen LogP contribution in [0.3, 0.4) is 0 Å². The minimum absolute atomic E-state index is 0.206. The molecular weight excluding hydrogens is 251 g/mol. The Bertz CT molecular complexity index is 438. The van der Waals surface area contributed by atoms with Crippen LogP contribution in [-0.4, -0.2) is 30.6 Å². The number of likely N-dealkylation sites (tertiary alicyclic amines) is 1. The number of piperidine rings is 1. The first-order valence-corrected chi connectivity index (χ1v) is 7.00. The Kier molecular flexibility index (Phi) is 3.55. The molecule has 2 fully saturated rings. The third-order valence-electron chi connectivity index (χ3n) is 4.13. The van der Waals surface area contributed by atoms with Gasteiger partial charge in [-0.3, -0.25) is 4.90 Å². The molecule has 2 unspecified atom stereocenters. The van der Waals surface area contributed by atoms with Gasteiger partial charge in [-0.05, 0) is 49.5 Å². The van der Waals surface area contributed by atoms with Gasteiger partial charge in [0.2, 0.25) is 0 Å². The van der Waals surface area contributed by atoms with Crippen LogP contribution in [0.15, 0.2) is 18.2 Å². The lowest BCUT2D eigenvalue weighted by Gasteiger charge is -2.34. The number of halogens is 2. The molecule has 3 rings (SSSR count). The molecule has 2 nitrogen and oxygen atoms in total. The highest BCUT2D eigenvalue weighted by Gasteiger charge is 2.32. The van der Waals surface area contributed by atoms with Crippen molar-refractivity contribution in [2.75, 3.05) is 19.6 Å². The maximum Gasteiger partial charge on any atom is 0.142 e. The van der Waals surface area contributed by atoms with E-state index in [1.807, 2.05) is 6.07 Å². The molecule has 1 aromatic carbocycles. The van der Waals surface area contributed by atoms with Crippen molar-refractivity contribution < 1.29 is 4.39 Å². The van der Waals surface area contributed by atoms with Gasteiger partial charge in [-0.2, -0.15) is 0 Å². The standard InChI is InChI=1S/C14H18ClFN2/c15-12-2-1-10(7-13(12)16)8-18-6-4-14-11(9-18)3-5-17-14/h1-2,7,11,14,17H,3-6,8-9H2. The van der Waals surface area contributed by atoms with Crippen molar-refractivity contribution in [2.45, 2.75) is 25.4 Å². The van der Waals surface area contributed by atoms with Gasteiger partial charge in [0.1, 0.15) is 5.82 Å². The van der Waals surface area contributed by atoms with E-state index in [1.54, 1.807) is 12.1 Å². The Labute approximate surface area is 112 Å². The maximum atomic E-state index is 13.4. The summed E-state index contributed by atoms with van der Waals surface area (Å²) in [4.78, 5) is 2.43. The molecule has 0 spiro atoms. The van der Waals surface area contributed by atoms with Gasteiger partial charge in [0.15, 0.2) is 0 Å². The predicted octanol–water partition coefficient (Wildman–Crippen LogP) is 2.66. The molecule has 1 aromatic rings. The number of nitrogens with one attached hydrogen (secondary N) is 1. The molecule has 2 saturated heterocycles. The number of nitrogens with zero attached hydrogens (tertiary/aromatic N) is 1. The first kappa shape index (κ1) is 12.4. The summed E-state index contributed by atoms with van der Waals surface area (Å²) in [6, 6.07) is 5.84. The highest BCUT2D eigenvalue weighted by atomic mass is 35.5. The van der Waals surface area contributed by atoms with Crippen LogP contribution in [0.5, 0.6) is 0 Å². The van der Waals surface area contributed by atoms with E-state index >= 15 is 0 Å². The van der Waals surface area contributed by atoms with Crippen LogP contribution in [0.1, 0.15) is 18.4 Å². The molecule has 0 bridgehead atoms. The SMILES string of the molecule is Fc1cc(CN2CCC3NCCC3C2)ccc1Cl. The molecule has 4 heteroatoms. The average molecular weight is 269 g/mol. The lowest BCUT2D eigenvalue weighted by Crippen LogP contribution is -2.43. The van der Waals surface area contributed by atoms with Crippen molar-refractivity contribution in [3.8, 4) is 0 Å². The molecular formula is C14H18ClFN2. The van der Waals surface area contributed by atoms with Crippen molar-refractivity contribution in [1.29, 1.82) is 0 Å². The first-order chi connectivity index (χ1) is 8.72. The van der Waals surface area contributed by atoms with E-state index in [9.17, 15) is 4.39 Å². The molecule has 0 amide bonds. The minimum Gasteiger partial charge on any atom is -0.314 e. The van der Waals surface area contributed by atoms with E-state index in [-0.39, 0.29) is 10.8 Å². The molecule has 1 N–H and O–H groups in total. The van der Waals surface area contributed by atoms with E-state index in [0.717, 1.165) is 37.7 Å². The fourth-order valence-electron chi connectivity index (χ4n) is 3.16. The Morgan fingerprint density at radius 3 is 3.11 bits per heavy atom. The Morgan fingerprint density at radius 2 is 2.28 bits per heavy atom. The van der Waals surface area contributed by atoms with Gasteiger partial charge in [0.05, 0.1) is 5.02 Å². The summed E-state index contributed by atoms with van der Waals surface area (Å²) in [5.41, 5.74) is 1.02. The van der Waals surface area contributed by atoms with Gasteiger partial charge in [-0.15, -0.1) is 0 Å². The van der Waals surface area contributed by atoms with Gasteiger partial charge in [-0.1, -0.05) is 17.7 Å². The predicted molar refractivity (Wildman–Crippen MR) is 71.2 cm³/mol. The summed E-state index contributed by atoms with van der Waals surface area (Å²) in [5.74, 6) is 0.461. The number of fused-ring (bicyclic) bond motifs is 1.